The van der Waals surface area contributed by atoms with Crippen molar-refractivity contribution in [3.8, 4) is 5.75 Å². The molecule has 2 N–H and O–H groups in total. The van der Waals surface area contributed by atoms with Gasteiger partial charge in [-0.15, -0.1) is 0 Å². The third-order valence-electron chi connectivity index (χ3n) is 2.65. The Morgan fingerprint density at radius 2 is 2.10 bits per heavy atom. The summed E-state index contributed by atoms with van der Waals surface area (Å²) in [5, 5.41) is 12.1. The van der Waals surface area contributed by atoms with E-state index in [1.54, 1.807) is 6.07 Å². The van der Waals surface area contributed by atoms with E-state index in [2.05, 4.69) is 21.2 Å². The highest BCUT2D eigenvalue weighted by molar-refractivity contribution is 9.10. The molecule has 104 valence electrons. The van der Waals surface area contributed by atoms with Crippen LogP contribution in [-0.4, -0.2) is 34.0 Å². The number of carbonyl (C=O) groups is 2. The fourth-order valence-electron chi connectivity index (χ4n) is 1.58. The van der Waals surface area contributed by atoms with Gasteiger partial charge in [0.05, 0.1) is 9.50 Å². The second-order valence-electron chi connectivity index (χ2n) is 4.01. The minimum atomic E-state index is -0.571. The highest BCUT2D eigenvalue weighted by atomic mass is 79.9. The van der Waals surface area contributed by atoms with Crippen LogP contribution in [0, 0.1) is 0 Å². The number of carbonyl (C=O) groups excluding carboxylic acids is 2. The Labute approximate surface area is 133 Å². The fourth-order valence-corrected chi connectivity index (χ4v) is 2.58. The third-order valence-corrected chi connectivity index (χ3v) is 3.92. The molecule has 8 heteroatoms. The van der Waals surface area contributed by atoms with E-state index in [0.29, 0.717) is 10.0 Å². The minimum absolute atomic E-state index is 0.0575. The number of aromatic hydroxyl groups is 1. The molecule has 0 atom stereocenters. The summed E-state index contributed by atoms with van der Waals surface area (Å²) in [6.45, 7) is 0. The lowest BCUT2D eigenvalue weighted by Gasteiger charge is -2.25. The molecule has 1 aromatic rings. The Kier molecular flexibility index (Phi) is 4.12. The minimum Gasteiger partial charge on any atom is -0.505 e. The van der Waals surface area contributed by atoms with Crippen LogP contribution in [0.5, 0.6) is 5.75 Å². The number of nitrogens with one attached hydrogen (secondary N) is 1. The standard InChI is InChI=1S/C12H8BrClN2O3S/c1-16-11(19)6(10(18)15-12(16)20)2-5-3-7(13)9(17)8(14)4-5/h2-4,17H,1H3,(H,15,18,20). The van der Waals surface area contributed by atoms with Crippen LogP contribution in [0.15, 0.2) is 22.2 Å². The van der Waals surface area contributed by atoms with Crippen LogP contribution in [0.4, 0.5) is 0 Å². The van der Waals surface area contributed by atoms with Crippen LogP contribution in [-0.2, 0) is 9.59 Å². The highest BCUT2D eigenvalue weighted by Crippen LogP contribution is 2.33. The lowest BCUT2D eigenvalue weighted by atomic mass is 10.1. The third kappa shape index (κ3) is 2.70. The lowest BCUT2D eigenvalue weighted by molar-refractivity contribution is -0.128. The smallest absolute Gasteiger partial charge is 0.265 e. The van der Waals surface area contributed by atoms with Crippen molar-refractivity contribution in [2.45, 2.75) is 0 Å². The molecule has 1 aliphatic rings. The van der Waals surface area contributed by atoms with Crippen LogP contribution >= 0.6 is 39.7 Å². The fraction of sp³-hybridized carbons (Fsp3) is 0.0833. The predicted octanol–water partition coefficient (Wildman–Crippen LogP) is 2.06. The van der Waals surface area contributed by atoms with Gasteiger partial charge in [-0.3, -0.25) is 19.8 Å². The van der Waals surface area contributed by atoms with Gasteiger partial charge in [-0.05, 0) is 51.9 Å². The molecule has 1 saturated heterocycles. The summed E-state index contributed by atoms with van der Waals surface area (Å²) in [7, 11) is 1.47. The monoisotopic (exact) mass is 374 g/mol. The summed E-state index contributed by atoms with van der Waals surface area (Å²) in [5.74, 6) is -1.18. The largest absolute Gasteiger partial charge is 0.505 e. The second-order valence-corrected chi connectivity index (χ2v) is 5.66. The maximum absolute atomic E-state index is 12.0. The molecule has 5 nitrogen and oxygen atoms in total. The molecule has 20 heavy (non-hydrogen) atoms. The SMILES string of the molecule is CN1C(=O)C(=Cc2cc(Cl)c(O)c(Br)c2)C(=O)NC1=S. The van der Waals surface area contributed by atoms with Gasteiger partial charge in [0.25, 0.3) is 11.8 Å². The molecule has 0 unspecified atom stereocenters. The summed E-state index contributed by atoms with van der Waals surface area (Å²) in [6, 6.07) is 2.99. The Morgan fingerprint density at radius 1 is 1.45 bits per heavy atom. The van der Waals surface area contributed by atoms with Crippen LogP contribution in [0.1, 0.15) is 5.56 Å². The van der Waals surface area contributed by atoms with Crippen molar-refractivity contribution in [3.63, 3.8) is 0 Å². The number of rotatable bonds is 1. The van der Waals surface area contributed by atoms with Gasteiger partial charge in [-0.1, -0.05) is 11.6 Å². The maximum atomic E-state index is 12.0. The zero-order valence-electron chi connectivity index (χ0n) is 10.1. The predicted molar refractivity (Wildman–Crippen MR) is 82.3 cm³/mol. The molecular formula is C12H8BrClN2O3S. The lowest BCUT2D eigenvalue weighted by Crippen LogP contribution is -2.52. The van der Waals surface area contributed by atoms with Crippen molar-refractivity contribution in [2.75, 3.05) is 7.05 Å². The Bertz CT molecular complexity index is 652. The molecule has 2 rings (SSSR count). The van der Waals surface area contributed by atoms with Crippen molar-refractivity contribution >= 4 is 62.8 Å². The molecule has 2 amide bonds. The summed E-state index contributed by atoms with van der Waals surface area (Å²) in [5.41, 5.74) is 0.439. The van der Waals surface area contributed by atoms with Gasteiger partial charge in [-0.2, -0.15) is 0 Å². The van der Waals surface area contributed by atoms with Crippen LogP contribution in [0.2, 0.25) is 5.02 Å². The van der Waals surface area contributed by atoms with Gasteiger partial charge in [0.15, 0.2) is 5.11 Å². The van der Waals surface area contributed by atoms with E-state index in [4.69, 9.17) is 23.8 Å². The van der Waals surface area contributed by atoms with E-state index >= 15 is 0 Å². The van der Waals surface area contributed by atoms with Gasteiger partial charge in [-0.25, -0.2) is 0 Å². The highest BCUT2D eigenvalue weighted by Gasteiger charge is 2.30. The van der Waals surface area contributed by atoms with Crippen molar-refractivity contribution in [2.24, 2.45) is 0 Å². The first-order chi connectivity index (χ1) is 9.31. The number of amides is 2. The van der Waals surface area contributed by atoms with E-state index < -0.39 is 11.8 Å². The quantitative estimate of drug-likeness (QED) is 0.448. The number of halogens is 2. The second kappa shape index (κ2) is 5.51. The van der Waals surface area contributed by atoms with Crippen molar-refractivity contribution in [3.05, 3.63) is 32.8 Å². The van der Waals surface area contributed by atoms with Crippen molar-refractivity contribution < 1.29 is 14.7 Å². The van der Waals surface area contributed by atoms with Gasteiger partial charge in [0.2, 0.25) is 0 Å². The van der Waals surface area contributed by atoms with Gasteiger partial charge in [0.1, 0.15) is 11.3 Å². The molecule has 1 aliphatic heterocycles. The summed E-state index contributed by atoms with van der Waals surface area (Å²) in [6.07, 6.45) is 1.38. The Hall–Kier alpha value is -1.44. The molecule has 1 fully saturated rings. The molecule has 1 heterocycles. The molecule has 0 radical (unpaired) electrons. The number of nitrogens with zero attached hydrogens (tertiary/aromatic N) is 1. The van der Waals surface area contributed by atoms with E-state index in [0.717, 1.165) is 0 Å². The molecule has 0 spiro atoms. The average molecular weight is 376 g/mol. The number of benzene rings is 1. The first-order valence-corrected chi connectivity index (χ1v) is 6.92. The van der Waals surface area contributed by atoms with Crippen LogP contribution in [0.25, 0.3) is 6.08 Å². The molecular weight excluding hydrogens is 368 g/mol. The van der Waals surface area contributed by atoms with E-state index in [-0.39, 0.29) is 21.5 Å². The summed E-state index contributed by atoms with van der Waals surface area (Å²) < 4.78 is 0.365. The topological polar surface area (TPSA) is 69.6 Å². The van der Waals surface area contributed by atoms with Gasteiger partial charge in [0, 0.05) is 7.05 Å². The molecule has 0 bridgehead atoms. The Morgan fingerprint density at radius 3 is 2.70 bits per heavy atom. The first kappa shape index (κ1) is 15.0. The number of phenolic OH excluding ortho intramolecular Hbond substituents is 1. The first-order valence-electron chi connectivity index (χ1n) is 5.34. The van der Waals surface area contributed by atoms with Gasteiger partial charge < -0.3 is 5.11 Å². The zero-order chi connectivity index (χ0) is 15.0. The van der Waals surface area contributed by atoms with Crippen molar-refractivity contribution in [1.29, 1.82) is 0 Å². The number of phenols is 1. The number of hydrogen-bond acceptors (Lipinski definition) is 4. The maximum Gasteiger partial charge on any atom is 0.265 e. The number of likely N-dealkylation sites (N-methyl/N-ethyl adjacent to an activating group) is 1. The van der Waals surface area contributed by atoms with Gasteiger partial charge >= 0.3 is 0 Å². The van der Waals surface area contributed by atoms with E-state index in [1.165, 1.54) is 24.1 Å². The van der Waals surface area contributed by atoms with Crippen molar-refractivity contribution in [1.82, 2.24) is 10.2 Å². The molecule has 0 aliphatic carbocycles. The molecule has 1 aromatic carbocycles. The summed E-state index contributed by atoms with van der Waals surface area (Å²) in [4.78, 5) is 25.0. The average Bonchev–Trinajstić information content (AvgIpc) is 2.38. The van der Waals surface area contributed by atoms with Crippen LogP contribution < -0.4 is 5.32 Å². The van der Waals surface area contributed by atoms with Crippen LogP contribution in [0.3, 0.4) is 0 Å². The molecule has 0 aromatic heterocycles. The Balaban J connectivity index is 2.47. The number of thiocarbonyl (C=S) groups is 1. The molecule has 0 saturated carbocycles. The van der Waals surface area contributed by atoms with E-state index in [9.17, 15) is 14.7 Å². The normalized spacial score (nSPS) is 17.6. The zero-order valence-corrected chi connectivity index (χ0v) is 13.3. The number of hydrogen-bond donors (Lipinski definition) is 2. The van der Waals surface area contributed by atoms with E-state index in [1.807, 2.05) is 0 Å². The summed E-state index contributed by atoms with van der Waals surface area (Å²) >= 11 is 13.8.